The number of sulfonamides is 1. The molecule has 0 N–H and O–H groups in total. The van der Waals surface area contributed by atoms with Gasteiger partial charge in [-0.05, 0) is 121 Å². The van der Waals surface area contributed by atoms with Crippen molar-refractivity contribution in [2.24, 2.45) is 0 Å². The molecule has 0 radical (unpaired) electrons. The summed E-state index contributed by atoms with van der Waals surface area (Å²) in [5.74, 6) is 2.23. The summed E-state index contributed by atoms with van der Waals surface area (Å²) in [6.07, 6.45) is 2.69. The minimum absolute atomic E-state index is 0.0170. The molecule has 1 amide bonds. The molecule has 1 unspecified atom stereocenters. The van der Waals surface area contributed by atoms with Crippen LogP contribution in [0.2, 0.25) is 0 Å². The van der Waals surface area contributed by atoms with Crippen LogP contribution in [0.15, 0.2) is 119 Å². The minimum atomic E-state index is -4.52. The highest BCUT2D eigenvalue weighted by Crippen LogP contribution is 2.41. The number of carbonyl (C=O) groups is 1. The van der Waals surface area contributed by atoms with Crippen LogP contribution in [0.4, 0.5) is 4.79 Å². The number of carbonyl (C=O) groups excluding carboxylic acids is 1. The Kier molecular flexibility index (Phi) is 14.2. The lowest BCUT2D eigenvalue weighted by Crippen LogP contribution is -2.41. The number of ether oxygens (including phenoxy) is 4. The van der Waals surface area contributed by atoms with Gasteiger partial charge in [0, 0.05) is 32.4 Å². The minimum Gasteiger partial charge on any atom is -0.497 e. The van der Waals surface area contributed by atoms with E-state index in [0.717, 1.165) is 24.0 Å². The van der Waals surface area contributed by atoms with Crippen LogP contribution in [0.5, 0.6) is 17.2 Å². The molecule has 2 heterocycles. The molecule has 16 heteroatoms. The van der Waals surface area contributed by atoms with Crippen LogP contribution in [0, 0.1) is 0 Å². The number of aromatic nitrogens is 4. The van der Waals surface area contributed by atoms with Crippen molar-refractivity contribution >= 4 is 26.9 Å². The summed E-state index contributed by atoms with van der Waals surface area (Å²) in [5, 5.41) is 13.7. The van der Waals surface area contributed by atoms with Gasteiger partial charge in [0.15, 0.2) is 0 Å². The predicted octanol–water partition coefficient (Wildman–Crippen LogP) is 8.32. The van der Waals surface area contributed by atoms with Gasteiger partial charge in [0.25, 0.3) is 0 Å². The van der Waals surface area contributed by atoms with Crippen molar-refractivity contribution in [1.82, 2.24) is 29.4 Å². The van der Waals surface area contributed by atoms with Crippen molar-refractivity contribution in [3.05, 3.63) is 131 Å². The molecule has 1 aliphatic heterocycles. The number of benzene rings is 5. The van der Waals surface area contributed by atoms with Crippen LogP contribution in [-0.2, 0) is 45.2 Å². The highest BCUT2D eigenvalue weighted by Gasteiger charge is 2.35. The van der Waals surface area contributed by atoms with E-state index >= 15 is 8.42 Å². The maximum Gasteiger partial charge on any atom is 0.410 e. The molecule has 64 heavy (non-hydrogen) atoms. The summed E-state index contributed by atoms with van der Waals surface area (Å²) in [5.41, 5.74) is 4.24. The molecule has 14 nitrogen and oxygen atoms in total. The summed E-state index contributed by atoms with van der Waals surface area (Å²) < 4.78 is 68.2. The molecule has 6 aromatic rings. The van der Waals surface area contributed by atoms with E-state index in [4.69, 9.17) is 24.0 Å². The average molecular weight is 907 g/mol. The number of nitrogens with zero attached hydrogens (tertiary/aromatic N) is 6. The van der Waals surface area contributed by atoms with E-state index in [9.17, 15) is 9.00 Å². The Morgan fingerprint density at radius 1 is 0.750 bits per heavy atom. The first-order valence-electron chi connectivity index (χ1n) is 20.9. The molecule has 1 atom stereocenters. The van der Waals surface area contributed by atoms with Crippen molar-refractivity contribution in [3.8, 4) is 39.8 Å². The zero-order chi connectivity index (χ0) is 45.6. The molecule has 1 saturated heterocycles. The summed E-state index contributed by atoms with van der Waals surface area (Å²) in [4.78, 5) is 15.9. The Morgan fingerprint density at radius 2 is 1.27 bits per heavy atom. The second kappa shape index (κ2) is 19.7. The third-order valence-corrected chi connectivity index (χ3v) is 14.0. The summed E-state index contributed by atoms with van der Waals surface area (Å²) in [7, 11) is -1.55. The third-order valence-electron chi connectivity index (χ3n) is 11.1. The van der Waals surface area contributed by atoms with Crippen LogP contribution in [-0.4, -0.2) is 94.4 Å². The topological polar surface area (TPSA) is 155 Å². The number of tetrazole rings is 1. The molecule has 0 saturated carbocycles. The Morgan fingerprint density at radius 3 is 1.75 bits per heavy atom. The average Bonchev–Trinajstić information content (AvgIpc) is 3.76. The van der Waals surface area contributed by atoms with E-state index in [2.05, 4.69) is 10.3 Å². The number of likely N-dealkylation sites (tertiary alicyclic amines) is 1. The molecular formula is C48H54N6O8S2. The number of methoxy groups -OCH3 is 3. The zero-order valence-corrected chi connectivity index (χ0v) is 38.8. The number of piperidine rings is 1. The summed E-state index contributed by atoms with van der Waals surface area (Å²) >= 11 is 0. The lowest BCUT2D eigenvalue weighted by Gasteiger charge is -2.33. The van der Waals surface area contributed by atoms with Gasteiger partial charge >= 0.3 is 6.09 Å². The van der Waals surface area contributed by atoms with Crippen molar-refractivity contribution in [2.75, 3.05) is 40.7 Å². The van der Waals surface area contributed by atoms with Crippen LogP contribution in [0.3, 0.4) is 0 Å². The molecule has 0 aliphatic carbocycles. The fraction of sp³-hybridized carbons (Fsp3) is 0.333. The van der Waals surface area contributed by atoms with Crippen LogP contribution >= 0.6 is 0 Å². The highest BCUT2D eigenvalue weighted by atomic mass is 32.2. The van der Waals surface area contributed by atoms with E-state index in [1.165, 1.54) is 15.4 Å². The monoisotopic (exact) mass is 906 g/mol. The number of hydrogen-bond acceptors (Lipinski definition) is 11. The number of amides is 1. The first-order chi connectivity index (χ1) is 30.6. The van der Waals surface area contributed by atoms with Gasteiger partial charge in [0.05, 0.1) is 49.1 Å². The first kappa shape index (κ1) is 45.9. The second-order valence-corrected chi connectivity index (χ2v) is 19.8. The van der Waals surface area contributed by atoms with E-state index in [-0.39, 0.29) is 52.8 Å². The molecular weight excluding hydrogens is 853 g/mol. The predicted molar refractivity (Wildman–Crippen MR) is 245 cm³/mol. The molecule has 0 bridgehead atoms. The standard InChI is InChI=1S/C48H54N6O8S2/c1-48(2,3)62-47(55)52-28-26-37(27-29-52)36-14-16-38(17-15-36)42-24-25-43(63(7)56)45(44(42)46-49-51-54(50-46)32-35-12-22-41(61-6)23-13-35)64(57,58)53(30-33-8-18-39(59-4)19-9-33)31-34-10-20-40(60-5)21-11-34/h8-25,37H,26-32H2,1-7H3. The lowest BCUT2D eigenvalue weighted by atomic mass is 9.88. The fourth-order valence-electron chi connectivity index (χ4n) is 7.69. The molecule has 1 aliphatic rings. The van der Waals surface area contributed by atoms with Crippen molar-refractivity contribution in [3.63, 3.8) is 0 Å². The number of rotatable bonds is 15. The third kappa shape index (κ3) is 10.8. The fourth-order valence-corrected chi connectivity index (χ4v) is 10.7. The Labute approximate surface area is 377 Å². The van der Waals surface area contributed by atoms with Crippen LogP contribution < -0.4 is 14.2 Å². The summed E-state index contributed by atoms with van der Waals surface area (Å²) in [6.45, 7) is 6.94. The Hall–Kier alpha value is -6.10. The Bertz CT molecular complexity index is 2630. The molecule has 5 aromatic carbocycles. The second-order valence-electron chi connectivity index (χ2n) is 16.6. The summed E-state index contributed by atoms with van der Waals surface area (Å²) in [6, 6.07) is 33.3. The molecule has 7 rings (SSSR count). The van der Waals surface area contributed by atoms with E-state index in [0.29, 0.717) is 52.6 Å². The van der Waals surface area contributed by atoms with E-state index in [1.807, 2.05) is 93.6 Å². The molecule has 1 fully saturated rings. The lowest BCUT2D eigenvalue weighted by molar-refractivity contribution is 0.0204. The zero-order valence-electron chi connectivity index (χ0n) is 37.2. The van der Waals surface area contributed by atoms with Gasteiger partial charge < -0.3 is 23.8 Å². The van der Waals surface area contributed by atoms with E-state index < -0.39 is 26.4 Å². The van der Waals surface area contributed by atoms with Crippen molar-refractivity contribution in [1.29, 1.82) is 0 Å². The quantitative estimate of drug-likeness (QED) is 0.0977. The van der Waals surface area contributed by atoms with Gasteiger partial charge in [-0.25, -0.2) is 13.2 Å². The first-order valence-corrected chi connectivity index (χ1v) is 23.9. The maximum absolute atomic E-state index is 15.7. The number of hydrogen-bond donors (Lipinski definition) is 0. The van der Waals surface area contributed by atoms with Gasteiger partial charge in [-0.15, -0.1) is 10.2 Å². The highest BCUT2D eigenvalue weighted by molar-refractivity contribution is 7.90. The van der Waals surface area contributed by atoms with Gasteiger partial charge in [-0.1, -0.05) is 66.7 Å². The normalized spacial score (nSPS) is 14.0. The molecule has 336 valence electrons. The Balaban J connectivity index is 1.33. The van der Waals surface area contributed by atoms with Crippen molar-refractivity contribution in [2.45, 2.75) is 74.6 Å². The molecule has 1 aromatic heterocycles. The van der Waals surface area contributed by atoms with Gasteiger partial charge in [0.1, 0.15) is 27.7 Å². The SMILES string of the molecule is COc1ccc(CN(Cc2ccc(OC)cc2)S(=O)(=O)c2c(S(C)=O)ccc(-c3ccc(C4CCN(C(=O)OC(C)(C)C)CC4)cc3)c2-c2nnn(Cc3ccc(OC)cc3)n2)cc1. The molecule has 0 spiro atoms. The van der Waals surface area contributed by atoms with Gasteiger partial charge in [-0.2, -0.15) is 9.10 Å². The van der Waals surface area contributed by atoms with Gasteiger partial charge in [0.2, 0.25) is 15.8 Å². The van der Waals surface area contributed by atoms with E-state index in [1.54, 1.807) is 62.6 Å². The maximum atomic E-state index is 15.7. The van der Waals surface area contributed by atoms with Crippen molar-refractivity contribution < 1.29 is 36.4 Å². The smallest absolute Gasteiger partial charge is 0.410 e. The largest absolute Gasteiger partial charge is 0.497 e. The van der Waals surface area contributed by atoms with Gasteiger partial charge in [-0.3, -0.25) is 4.21 Å². The van der Waals surface area contributed by atoms with Crippen LogP contribution in [0.25, 0.3) is 22.5 Å². The van der Waals surface area contributed by atoms with Crippen LogP contribution in [0.1, 0.15) is 61.8 Å².